The molecule has 2 bridgehead atoms. The van der Waals surface area contributed by atoms with E-state index in [9.17, 15) is 18.3 Å². The molecule has 5 rings (SSSR count). The van der Waals surface area contributed by atoms with Crippen LogP contribution in [0.4, 0.5) is 5.69 Å². The topological polar surface area (TPSA) is 95.9 Å². The molecule has 2 aromatic rings. The predicted molar refractivity (Wildman–Crippen MR) is 163 cm³/mol. The molecule has 41 heavy (non-hydrogen) atoms. The Hall–Kier alpha value is -2.55. The van der Waals surface area contributed by atoms with Gasteiger partial charge in [-0.2, -0.15) is 0 Å². The van der Waals surface area contributed by atoms with Crippen LogP contribution < -0.4 is 14.4 Å². The van der Waals surface area contributed by atoms with Gasteiger partial charge in [-0.05, 0) is 104 Å². The van der Waals surface area contributed by atoms with Gasteiger partial charge in [0.05, 0.1) is 17.0 Å². The monoisotopic (exact) mass is 600 g/mol. The Bertz CT molecular complexity index is 1390. The summed E-state index contributed by atoms with van der Waals surface area (Å²) in [5.74, 6) is 0.237. The Labute approximate surface area is 249 Å². The van der Waals surface area contributed by atoms with Gasteiger partial charge in [-0.1, -0.05) is 43.7 Å². The van der Waals surface area contributed by atoms with E-state index >= 15 is 0 Å². The number of hydrogen-bond acceptors (Lipinski definition) is 6. The first-order valence-corrected chi connectivity index (χ1v) is 16.8. The third-order valence-corrected chi connectivity index (χ3v) is 11.4. The quantitative estimate of drug-likeness (QED) is 0.397. The van der Waals surface area contributed by atoms with Crippen LogP contribution in [0, 0.1) is 17.8 Å². The number of rotatable bonds is 1. The van der Waals surface area contributed by atoms with Crippen molar-refractivity contribution in [1.82, 2.24) is 4.72 Å². The number of sulfonamides is 1. The molecule has 9 heteroatoms. The number of anilines is 1. The fraction of sp³-hybridized carbons (Fsp3) is 0.531. The predicted octanol–water partition coefficient (Wildman–Crippen LogP) is 5.88. The van der Waals surface area contributed by atoms with Gasteiger partial charge in [0.15, 0.2) is 0 Å². The lowest BCUT2D eigenvalue weighted by Crippen LogP contribution is -2.43. The Morgan fingerprint density at radius 2 is 1.95 bits per heavy atom. The first-order chi connectivity index (χ1) is 19.7. The minimum Gasteiger partial charge on any atom is -0.487 e. The maximum atomic E-state index is 13.4. The van der Waals surface area contributed by atoms with Crippen molar-refractivity contribution >= 4 is 33.2 Å². The number of halogens is 1. The van der Waals surface area contributed by atoms with Crippen LogP contribution in [0.15, 0.2) is 48.6 Å². The van der Waals surface area contributed by atoms with E-state index in [0.717, 1.165) is 56.4 Å². The highest BCUT2D eigenvalue weighted by atomic mass is 35.5. The molecule has 1 fully saturated rings. The number of aliphatic hydroxyl groups excluding tert-OH is 1. The molecule has 2 aliphatic heterocycles. The number of allylic oxidation sites excluding steroid dienone is 1. The minimum absolute atomic E-state index is 0.139. The van der Waals surface area contributed by atoms with Crippen LogP contribution in [-0.4, -0.2) is 43.9 Å². The number of fused-ring (bicyclic) bond motifs is 3. The number of nitrogens with zero attached hydrogens (tertiary/aromatic N) is 1. The average Bonchev–Trinajstić information content (AvgIpc) is 2.93. The lowest BCUT2D eigenvalue weighted by molar-refractivity contribution is 0.0461. The van der Waals surface area contributed by atoms with E-state index in [0.29, 0.717) is 36.1 Å². The molecule has 2 N–H and O–H groups in total. The van der Waals surface area contributed by atoms with E-state index in [1.165, 1.54) is 5.56 Å². The highest BCUT2D eigenvalue weighted by molar-refractivity contribution is 7.90. The molecular weight excluding hydrogens is 560 g/mol. The zero-order valence-electron chi connectivity index (χ0n) is 23.9. The van der Waals surface area contributed by atoms with Crippen LogP contribution in [0.3, 0.4) is 0 Å². The third-order valence-electron chi connectivity index (χ3n) is 9.12. The van der Waals surface area contributed by atoms with Crippen molar-refractivity contribution in [2.45, 2.75) is 76.8 Å². The molecule has 0 radical (unpaired) electrons. The summed E-state index contributed by atoms with van der Waals surface area (Å²) in [5, 5.41) is 11.0. The van der Waals surface area contributed by atoms with Crippen LogP contribution in [0.2, 0.25) is 5.02 Å². The normalized spacial score (nSPS) is 29.4. The average molecular weight is 601 g/mol. The first kappa shape index (κ1) is 29.9. The number of nitrogens with one attached hydrogen (secondary N) is 1. The summed E-state index contributed by atoms with van der Waals surface area (Å²) in [6.07, 6.45) is 8.81. The van der Waals surface area contributed by atoms with Gasteiger partial charge in [-0.3, -0.25) is 4.79 Å². The summed E-state index contributed by atoms with van der Waals surface area (Å²) >= 11 is 6.30. The van der Waals surface area contributed by atoms with Gasteiger partial charge >= 0.3 is 0 Å². The zero-order chi connectivity index (χ0) is 29.1. The van der Waals surface area contributed by atoms with E-state index in [1.807, 2.05) is 44.2 Å². The van der Waals surface area contributed by atoms with Crippen molar-refractivity contribution in [2.24, 2.45) is 17.8 Å². The zero-order valence-corrected chi connectivity index (χ0v) is 25.5. The highest BCUT2D eigenvalue weighted by Crippen LogP contribution is 2.41. The van der Waals surface area contributed by atoms with Gasteiger partial charge in [0.2, 0.25) is 10.0 Å². The molecule has 5 atom stereocenters. The molecule has 3 aliphatic rings. The second-order valence-corrected chi connectivity index (χ2v) is 14.2. The lowest BCUT2D eigenvalue weighted by Gasteiger charge is -2.42. The number of hydrogen-bond donors (Lipinski definition) is 2. The first-order valence-electron chi connectivity index (χ1n) is 14.9. The van der Waals surface area contributed by atoms with E-state index in [2.05, 4.69) is 9.62 Å². The molecule has 222 valence electrons. The second kappa shape index (κ2) is 12.8. The Balaban J connectivity index is 1.54. The molecule has 7 nitrogen and oxygen atoms in total. The van der Waals surface area contributed by atoms with Gasteiger partial charge in [0, 0.05) is 23.7 Å². The van der Waals surface area contributed by atoms with Gasteiger partial charge < -0.3 is 14.7 Å². The van der Waals surface area contributed by atoms with Crippen LogP contribution in [-0.2, 0) is 23.1 Å². The van der Waals surface area contributed by atoms with Crippen molar-refractivity contribution in [1.29, 1.82) is 0 Å². The molecule has 0 saturated heterocycles. The summed E-state index contributed by atoms with van der Waals surface area (Å²) in [6.45, 7) is 5.54. The largest absolute Gasteiger partial charge is 0.487 e. The number of amides is 1. The van der Waals surface area contributed by atoms with Crippen molar-refractivity contribution in [3.63, 3.8) is 0 Å². The summed E-state index contributed by atoms with van der Waals surface area (Å²) in [5.41, 5.74) is 3.30. The lowest BCUT2D eigenvalue weighted by atomic mass is 9.70. The molecule has 1 amide bonds. The SMILES string of the molecule is CC[C@@H]1[C@@H](C)C/C=C/[C@H](O)[C@@H]2CC[C@H]2CN2CCCCc3cc(Cl)ccc3COc3ccc(cc32)C(=O)NS1(=O)=O. The van der Waals surface area contributed by atoms with Crippen LogP contribution >= 0.6 is 11.6 Å². The number of carbonyl (C=O) groups excluding carboxylic acids is 1. The van der Waals surface area contributed by atoms with E-state index in [4.69, 9.17) is 16.3 Å². The van der Waals surface area contributed by atoms with Crippen LogP contribution in [0.5, 0.6) is 5.75 Å². The van der Waals surface area contributed by atoms with Crippen molar-refractivity contribution < 1.29 is 23.1 Å². The number of aliphatic hydroxyl groups is 1. The maximum Gasteiger partial charge on any atom is 0.264 e. The van der Waals surface area contributed by atoms with E-state index in [1.54, 1.807) is 18.2 Å². The molecule has 1 aliphatic carbocycles. The smallest absolute Gasteiger partial charge is 0.264 e. The maximum absolute atomic E-state index is 13.4. The molecule has 2 aromatic carbocycles. The molecular formula is C32H41ClN2O5S. The molecule has 1 saturated carbocycles. The van der Waals surface area contributed by atoms with Crippen molar-refractivity contribution in [3.05, 3.63) is 70.3 Å². The number of aryl methyl sites for hydroxylation is 1. The summed E-state index contributed by atoms with van der Waals surface area (Å²) in [7, 11) is -3.92. The van der Waals surface area contributed by atoms with Crippen LogP contribution in [0.25, 0.3) is 0 Å². The molecule has 0 aromatic heterocycles. The number of ether oxygens (including phenoxy) is 1. The Morgan fingerprint density at radius 1 is 1.12 bits per heavy atom. The Morgan fingerprint density at radius 3 is 2.71 bits per heavy atom. The summed E-state index contributed by atoms with van der Waals surface area (Å²) < 4.78 is 35.4. The van der Waals surface area contributed by atoms with Gasteiger partial charge in [-0.25, -0.2) is 13.1 Å². The Kier molecular flexibility index (Phi) is 9.31. The van der Waals surface area contributed by atoms with Crippen molar-refractivity contribution in [2.75, 3.05) is 18.0 Å². The second-order valence-electron chi connectivity index (χ2n) is 11.8. The fourth-order valence-corrected chi connectivity index (χ4v) is 8.44. The fourth-order valence-electron chi connectivity index (χ4n) is 6.55. The molecule has 0 spiro atoms. The van der Waals surface area contributed by atoms with Gasteiger partial charge in [0.25, 0.3) is 5.91 Å². The van der Waals surface area contributed by atoms with Gasteiger partial charge in [-0.15, -0.1) is 0 Å². The van der Waals surface area contributed by atoms with Crippen molar-refractivity contribution in [3.8, 4) is 5.75 Å². The van der Waals surface area contributed by atoms with Gasteiger partial charge in [0.1, 0.15) is 12.4 Å². The highest BCUT2D eigenvalue weighted by Gasteiger charge is 2.37. The van der Waals surface area contributed by atoms with Crippen LogP contribution in [0.1, 0.15) is 73.9 Å². The summed E-state index contributed by atoms with van der Waals surface area (Å²) in [4.78, 5) is 15.6. The summed E-state index contributed by atoms with van der Waals surface area (Å²) in [6, 6.07) is 11.1. The third kappa shape index (κ3) is 6.76. The standard InChI is InChI=1S/C32H41ClN2O5S/c1-3-31-21(2)7-6-9-29(36)27-14-11-24(27)19-35-16-5-4-8-22-17-26(33)13-10-25(22)20-40-30-15-12-23(18-28(30)35)32(37)34-41(31,38)39/h6,9-10,12-13,15,17-18,21,24,27,29,31,36H,3-5,7-8,11,14,16,19-20H2,1-2H3,(H,34,37)/b9-6+/t21-,24-,27+,29-,31+/m0/s1. The minimum atomic E-state index is -3.92. The number of benzene rings is 2. The number of carbonyl (C=O) groups is 1. The molecule has 2 heterocycles. The van der Waals surface area contributed by atoms with E-state index in [-0.39, 0.29) is 17.4 Å². The van der Waals surface area contributed by atoms with E-state index < -0.39 is 27.3 Å². The molecule has 0 unspecified atom stereocenters.